The Morgan fingerprint density at radius 2 is 2.00 bits per heavy atom. The van der Waals surface area contributed by atoms with Gasteiger partial charge in [-0.3, -0.25) is 4.72 Å². The van der Waals surface area contributed by atoms with Crippen molar-refractivity contribution in [2.45, 2.75) is 11.8 Å². The number of nitrogens with one attached hydrogen (secondary N) is 1. The molecule has 0 radical (unpaired) electrons. The molecule has 0 bridgehead atoms. The second kappa shape index (κ2) is 5.68. The van der Waals surface area contributed by atoms with E-state index in [1.54, 1.807) is 24.4 Å². The Kier molecular flexibility index (Phi) is 4.15. The highest BCUT2D eigenvalue weighted by Crippen LogP contribution is 2.28. The number of nitrogens with zero attached hydrogens (tertiary/aromatic N) is 1. The molecular formula is C13H13ClN2O3S. The molecule has 1 aromatic carbocycles. The standard InChI is InChI=1S/C13H13ClN2O3S/c1-9-3-6-13(15-8-9)16-20(17,18)12-7-10(14)4-5-11(12)19-2/h3-8H,1-2H3,(H,15,16). The van der Waals surface area contributed by atoms with Crippen LogP contribution in [0.2, 0.25) is 5.02 Å². The third-order valence-electron chi connectivity index (χ3n) is 2.57. The lowest BCUT2D eigenvalue weighted by Gasteiger charge is -2.11. The number of aryl methyl sites for hydroxylation is 1. The van der Waals surface area contributed by atoms with Crippen LogP contribution in [0.1, 0.15) is 5.56 Å². The number of ether oxygens (including phenoxy) is 1. The summed E-state index contributed by atoms with van der Waals surface area (Å²) in [6.07, 6.45) is 1.58. The van der Waals surface area contributed by atoms with Crippen LogP contribution in [0.4, 0.5) is 5.82 Å². The quantitative estimate of drug-likeness (QED) is 0.942. The Hall–Kier alpha value is -1.79. The van der Waals surface area contributed by atoms with Gasteiger partial charge in [0.05, 0.1) is 7.11 Å². The van der Waals surface area contributed by atoms with Gasteiger partial charge in [-0.1, -0.05) is 17.7 Å². The van der Waals surface area contributed by atoms with E-state index in [-0.39, 0.29) is 16.5 Å². The SMILES string of the molecule is COc1ccc(Cl)cc1S(=O)(=O)Nc1ccc(C)cn1. The van der Waals surface area contributed by atoms with Crippen molar-refractivity contribution < 1.29 is 13.2 Å². The van der Waals surface area contributed by atoms with Crippen molar-refractivity contribution in [2.24, 2.45) is 0 Å². The predicted octanol–water partition coefficient (Wildman–Crippen LogP) is 2.85. The van der Waals surface area contributed by atoms with Crippen molar-refractivity contribution in [3.8, 4) is 5.75 Å². The van der Waals surface area contributed by atoms with E-state index < -0.39 is 10.0 Å². The highest BCUT2D eigenvalue weighted by atomic mass is 35.5. The summed E-state index contributed by atoms with van der Waals surface area (Å²) in [6, 6.07) is 7.74. The van der Waals surface area contributed by atoms with E-state index in [2.05, 4.69) is 9.71 Å². The number of rotatable bonds is 4. The van der Waals surface area contributed by atoms with Crippen molar-refractivity contribution in [2.75, 3.05) is 11.8 Å². The van der Waals surface area contributed by atoms with Crippen LogP contribution in [0, 0.1) is 6.92 Å². The number of hydrogen-bond donors (Lipinski definition) is 1. The molecule has 2 aromatic rings. The summed E-state index contributed by atoms with van der Waals surface area (Å²) in [5.74, 6) is 0.451. The van der Waals surface area contributed by atoms with Gasteiger partial charge in [0.15, 0.2) is 0 Å². The highest BCUT2D eigenvalue weighted by Gasteiger charge is 2.20. The first-order valence-corrected chi connectivity index (χ1v) is 7.57. The highest BCUT2D eigenvalue weighted by molar-refractivity contribution is 7.92. The molecule has 106 valence electrons. The lowest BCUT2D eigenvalue weighted by atomic mass is 10.3. The molecule has 0 saturated heterocycles. The molecule has 1 aromatic heterocycles. The van der Waals surface area contributed by atoms with E-state index in [1.807, 2.05) is 6.92 Å². The van der Waals surface area contributed by atoms with E-state index >= 15 is 0 Å². The number of hydrogen-bond acceptors (Lipinski definition) is 4. The first-order chi connectivity index (χ1) is 9.42. The number of sulfonamides is 1. The van der Waals surface area contributed by atoms with Crippen LogP contribution in [0.15, 0.2) is 41.4 Å². The fourth-order valence-electron chi connectivity index (χ4n) is 1.58. The molecule has 0 aliphatic carbocycles. The average molecular weight is 313 g/mol. The molecular weight excluding hydrogens is 300 g/mol. The summed E-state index contributed by atoms with van der Waals surface area (Å²) in [5, 5.41) is 0.308. The third kappa shape index (κ3) is 3.20. The van der Waals surface area contributed by atoms with Crippen molar-refractivity contribution in [3.05, 3.63) is 47.1 Å². The molecule has 1 N–H and O–H groups in total. The minimum absolute atomic E-state index is 0.0325. The molecule has 1 heterocycles. The maximum Gasteiger partial charge on any atom is 0.266 e. The van der Waals surface area contributed by atoms with Crippen molar-refractivity contribution in [1.29, 1.82) is 0 Å². The van der Waals surface area contributed by atoms with Gasteiger partial charge in [0.2, 0.25) is 0 Å². The van der Waals surface area contributed by atoms with Crippen LogP contribution in [0.3, 0.4) is 0 Å². The zero-order valence-corrected chi connectivity index (χ0v) is 12.5. The number of anilines is 1. The van der Waals surface area contributed by atoms with Crippen LogP contribution in [-0.4, -0.2) is 20.5 Å². The van der Waals surface area contributed by atoms with Crippen LogP contribution in [0.25, 0.3) is 0 Å². The average Bonchev–Trinajstić information content (AvgIpc) is 2.41. The molecule has 0 fully saturated rings. The van der Waals surface area contributed by atoms with E-state index in [0.717, 1.165) is 5.56 Å². The lowest BCUT2D eigenvalue weighted by molar-refractivity contribution is 0.403. The molecule has 0 aliphatic rings. The number of halogens is 1. The molecule has 0 saturated carbocycles. The first-order valence-electron chi connectivity index (χ1n) is 5.71. The van der Waals surface area contributed by atoms with E-state index in [0.29, 0.717) is 5.02 Å². The summed E-state index contributed by atoms with van der Waals surface area (Å²) < 4.78 is 32.1. The second-order valence-corrected chi connectivity index (χ2v) is 6.21. The molecule has 0 spiro atoms. The Labute approximate surface area is 122 Å². The van der Waals surface area contributed by atoms with Crippen molar-refractivity contribution in [3.63, 3.8) is 0 Å². The maximum absolute atomic E-state index is 12.3. The van der Waals surface area contributed by atoms with Crippen LogP contribution in [0.5, 0.6) is 5.75 Å². The Morgan fingerprint density at radius 3 is 2.60 bits per heavy atom. The number of benzene rings is 1. The minimum atomic E-state index is -3.81. The van der Waals surface area contributed by atoms with Gasteiger partial charge >= 0.3 is 0 Å². The zero-order chi connectivity index (χ0) is 14.8. The topological polar surface area (TPSA) is 68.3 Å². The molecule has 5 nitrogen and oxygen atoms in total. The van der Waals surface area contributed by atoms with Gasteiger partial charge in [0.1, 0.15) is 16.5 Å². The van der Waals surface area contributed by atoms with Gasteiger partial charge in [-0.2, -0.15) is 0 Å². The first kappa shape index (κ1) is 14.6. The Bertz CT molecular complexity index is 715. The van der Waals surface area contributed by atoms with Gasteiger partial charge in [0.25, 0.3) is 10.0 Å². The van der Waals surface area contributed by atoms with Crippen LogP contribution < -0.4 is 9.46 Å². The normalized spacial score (nSPS) is 11.2. The van der Waals surface area contributed by atoms with Gasteiger partial charge in [-0.25, -0.2) is 13.4 Å². The predicted molar refractivity (Wildman–Crippen MR) is 77.8 cm³/mol. The number of methoxy groups -OCH3 is 1. The van der Waals surface area contributed by atoms with Gasteiger partial charge in [-0.15, -0.1) is 0 Å². The van der Waals surface area contributed by atoms with Crippen LogP contribution >= 0.6 is 11.6 Å². The van der Waals surface area contributed by atoms with Crippen LogP contribution in [-0.2, 0) is 10.0 Å². The monoisotopic (exact) mass is 312 g/mol. The molecule has 20 heavy (non-hydrogen) atoms. The summed E-state index contributed by atoms with van der Waals surface area (Å²) in [6.45, 7) is 1.87. The van der Waals surface area contributed by atoms with E-state index in [1.165, 1.54) is 19.2 Å². The van der Waals surface area contributed by atoms with Gasteiger partial charge in [-0.05, 0) is 36.8 Å². The lowest BCUT2D eigenvalue weighted by Crippen LogP contribution is -2.15. The van der Waals surface area contributed by atoms with Gasteiger partial charge < -0.3 is 4.74 Å². The van der Waals surface area contributed by atoms with E-state index in [4.69, 9.17) is 16.3 Å². The Balaban J connectivity index is 2.40. The summed E-state index contributed by atoms with van der Waals surface area (Å²) >= 11 is 5.84. The smallest absolute Gasteiger partial charge is 0.266 e. The zero-order valence-electron chi connectivity index (χ0n) is 10.9. The largest absolute Gasteiger partial charge is 0.495 e. The number of pyridine rings is 1. The summed E-state index contributed by atoms with van der Waals surface area (Å²) in [4.78, 5) is 3.97. The second-order valence-electron chi connectivity index (χ2n) is 4.12. The molecule has 7 heteroatoms. The molecule has 0 atom stereocenters. The fraction of sp³-hybridized carbons (Fsp3) is 0.154. The van der Waals surface area contributed by atoms with Crippen molar-refractivity contribution >= 4 is 27.4 Å². The minimum Gasteiger partial charge on any atom is -0.495 e. The van der Waals surface area contributed by atoms with Gasteiger partial charge in [0, 0.05) is 11.2 Å². The molecule has 2 rings (SSSR count). The summed E-state index contributed by atoms with van der Waals surface area (Å²) in [7, 11) is -2.42. The molecule has 0 aliphatic heterocycles. The third-order valence-corrected chi connectivity index (χ3v) is 4.18. The number of aromatic nitrogens is 1. The van der Waals surface area contributed by atoms with E-state index in [9.17, 15) is 8.42 Å². The molecule has 0 unspecified atom stereocenters. The Morgan fingerprint density at radius 1 is 1.25 bits per heavy atom. The molecule has 0 amide bonds. The maximum atomic E-state index is 12.3. The van der Waals surface area contributed by atoms with Crippen molar-refractivity contribution in [1.82, 2.24) is 4.98 Å². The fourth-order valence-corrected chi connectivity index (χ4v) is 3.02. The summed E-state index contributed by atoms with van der Waals surface area (Å²) in [5.41, 5.74) is 0.938.